The highest BCUT2D eigenvalue weighted by Gasteiger charge is 2.16. The second-order valence-electron chi connectivity index (χ2n) is 6.39. The van der Waals surface area contributed by atoms with Gasteiger partial charge in [0.25, 0.3) is 5.91 Å². The summed E-state index contributed by atoms with van der Waals surface area (Å²) in [6.07, 6.45) is 4.30. The number of nitrogens with zero attached hydrogens (tertiary/aromatic N) is 6. The van der Waals surface area contributed by atoms with Gasteiger partial charge < -0.3 is 10.1 Å². The average Bonchev–Trinajstić information content (AvgIpc) is 3.28. The zero-order valence-electron chi connectivity index (χ0n) is 16.5. The number of aromatic nitrogens is 6. The van der Waals surface area contributed by atoms with Gasteiger partial charge >= 0.3 is 0 Å². The number of ether oxygens (including phenoxy) is 1. The van der Waals surface area contributed by atoms with Gasteiger partial charge in [-0.05, 0) is 41.6 Å². The smallest absolute Gasteiger partial charge is 0.275 e. The molecule has 10 heteroatoms. The van der Waals surface area contributed by atoms with E-state index in [0.717, 1.165) is 0 Å². The molecule has 0 aliphatic heterocycles. The number of ketones is 1. The number of benzene rings is 2. The SMILES string of the molecule is COc1ccc(C(=O)Cn2nnc(-c3ccccc3NC(=O)c3cnccn3)n2)cc1. The van der Waals surface area contributed by atoms with Gasteiger partial charge in [0.05, 0.1) is 19.0 Å². The maximum absolute atomic E-state index is 12.5. The van der Waals surface area contributed by atoms with Crippen molar-refractivity contribution in [2.24, 2.45) is 0 Å². The van der Waals surface area contributed by atoms with Crippen molar-refractivity contribution in [1.29, 1.82) is 0 Å². The lowest BCUT2D eigenvalue weighted by Gasteiger charge is -2.08. The van der Waals surface area contributed by atoms with Gasteiger partial charge in [-0.1, -0.05) is 12.1 Å². The summed E-state index contributed by atoms with van der Waals surface area (Å²) in [6.45, 7) is -0.0759. The Balaban J connectivity index is 1.51. The molecule has 4 rings (SSSR count). The second-order valence-corrected chi connectivity index (χ2v) is 6.39. The number of anilines is 1. The van der Waals surface area contributed by atoms with Crippen LogP contribution in [-0.4, -0.2) is 49.0 Å². The summed E-state index contributed by atoms with van der Waals surface area (Å²) >= 11 is 0. The van der Waals surface area contributed by atoms with Crippen LogP contribution in [0.15, 0.2) is 67.1 Å². The number of Topliss-reactive ketones (excluding diaryl/α,β-unsaturated/α-hetero) is 1. The summed E-state index contributed by atoms with van der Waals surface area (Å²) in [7, 11) is 1.56. The van der Waals surface area contributed by atoms with Crippen molar-refractivity contribution in [3.8, 4) is 17.1 Å². The molecular weight excluding hydrogens is 398 g/mol. The number of rotatable bonds is 7. The summed E-state index contributed by atoms with van der Waals surface area (Å²) < 4.78 is 5.10. The molecule has 0 atom stereocenters. The maximum atomic E-state index is 12.5. The van der Waals surface area contributed by atoms with E-state index < -0.39 is 5.91 Å². The minimum atomic E-state index is -0.414. The number of carbonyl (C=O) groups excluding carboxylic acids is 2. The van der Waals surface area contributed by atoms with Crippen LogP contribution in [0.1, 0.15) is 20.8 Å². The van der Waals surface area contributed by atoms with E-state index in [-0.39, 0.29) is 23.8 Å². The molecule has 10 nitrogen and oxygen atoms in total. The fourth-order valence-corrected chi connectivity index (χ4v) is 2.80. The maximum Gasteiger partial charge on any atom is 0.275 e. The molecule has 0 saturated carbocycles. The molecule has 0 aliphatic carbocycles. The van der Waals surface area contributed by atoms with Crippen molar-refractivity contribution in [2.45, 2.75) is 6.54 Å². The Morgan fingerprint density at radius 2 is 1.87 bits per heavy atom. The van der Waals surface area contributed by atoms with E-state index in [2.05, 4.69) is 30.7 Å². The van der Waals surface area contributed by atoms with Gasteiger partial charge in [0.2, 0.25) is 5.82 Å². The Kier molecular flexibility index (Phi) is 5.70. The molecule has 0 fully saturated rings. The van der Waals surface area contributed by atoms with Crippen LogP contribution in [0.3, 0.4) is 0 Å². The lowest BCUT2D eigenvalue weighted by Crippen LogP contribution is -2.14. The first kappa shape index (κ1) is 19.8. The Labute approximate surface area is 176 Å². The molecule has 0 aliphatic rings. The number of para-hydroxylation sites is 1. The van der Waals surface area contributed by atoms with Crippen molar-refractivity contribution >= 4 is 17.4 Å². The third-order valence-corrected chi connectivity index (χ3v) is 4.36. The highest BCUT2D eigenvalue weighted by Crippen LogP contribution is 2.24. The van der Waals surface area contributed by atoms with Crippen LogP contribution < -0.4 is 10.1 Å². The van der Waals surface area contributed by atoms with Crippen LogP contribution in [0.25, 0.3) is 11.4 Å². The van der Waals surface area contributed by atoms with Crippen LogP contribution in [0.5, 0.6) is 5.75 Å². The first-order chi connectivity index (χ1) is 15.1. The second kappa shape index (κ2) is 8.91. The van der Waals surface area contributed by atoms with E-state index in [4.69, 9.17) is 4.74 Å². The van der Waals surface area contributed by atoms with Crippen molar-refractivity contribution in [2.75, 3.05) is 12.4 Å². The third-order valence-electron chi connectivity index (χ3n) is 4.36. The molecule has 0 unspecified atom stereocenters. The molecule has 31 heavy (non-hydrogen) atoms. The normalized spacial score (nSPS) is 10.5. The molecule has 154 valence electrons. The number of methoxy groups -OCH3 is 1. The molecule has 1 amide bonds. The summed E-state index contributed by atoms with van der Waals surface area (Å²) in [4.78, 5) is 34.0. The van der Waals surface area contributed by atoms with Crippen molar-refractivity contribution < 1.29 is 14.3 Å². The molecular formula is C21H17N7O3. The van der Waals surface area contributed by atoms with E-state index in [1.54, 1.807) is 55.6 Å². The standard InChI is InChI=1S/C21H17N7O3/c1-31-15-8-6-14(7-9-15)19(29)13-28-26-20(25-27-28)16-4-2-3-5-17(16)24-21(30)18-12-22-10-11-23-18/h2-12H,13H2,1H3,(H,24,30). The van der Waals surface area contributed by atoms with E-state index in [0.29, 0.717) is 22.6 Å². The number of nitrogens with one attached hydrogen (secondary N) is 1. The Morgan fingerprint density at radius 1 is 1.06 bits per heavy atom. The molecule has 0 spiro atoms. The fourth-order valence-electron chi connectivity index (χ4n) is 2.80. The summed E-state index contributed by atoms with van der Waals surface area (Å²) in [5.41, 5.74) is 1.73. The van der Waals surface area contributed by atoms with Gasteiger partial charge in [0.1, 0.15) is 18.0 Å². The fraction of sp³-hybridized carbons (Fsp3) is 0.0952. The number of hydrogen-bond donors (Lipinski definition) is 1. The van der Waals surface area contributed by atoms with E-state index >= 15 is 0 Å². The molecule has 4 aromatic rings. The Bertz CT molecular complexity index is 1210. The quantitative estimate of drug-likeness (QED) is 0.456. The van der Waals surface area contributed by atoms with E-state index in [1.165, 1.54) is 23.4 Å². The van der Waals surface area contributed by atoms with Gasteiger partial charge in [0, 0.05) is 23.5 Å². The van der Waals surface area contributed by atoms with Crippen molar-refractivity contribution in [1.82, 2.24) is 30.2 Å². The van der Waals surface area contributed by atoms with Gasteiger partial charge in [-0.2, -0.15) is 4.80 Å². The van der Waals surface area contributed by atoms with Crippen molar-refractivity contribution in [3.05, 3.63) is 78.4 Å². The highest BCUT2D eigenvalue weighted by molar-refractivity contribution is 6.04. The van der Waals surface area contributed by atoms with Crippen LogP contribution >= 0.6 is 0 Å². The van der Waals surface area contributed by atoms with Gasteiger partial charge in [-0.25, -0.2) is 4.98 Å². The molecule has 2 heterocycles. The monoisotopic (exact) mass is 415 g/mol. The van der Waals surface area contributed by atoms with Gasteiger partial charge in [-0.3, -0.25) is 14.6 Å². The molecule has 0 radical (unpaired) electrons. The molecule has 2 aromatic heterocycles. The minimum Gasteiger partial charge on any atom is -0.497 e. The van der Waals surface area contributed by atoms with Gasteiger partial charge in [-0.15, -0.1) is 10.2 Å². The number of amides is 1. The van der Waals surface area contributed by atoms with E-state index in [9.17, 15) is 9.59 Å². The third kappa shape index (κ3) is 4.58. The predicted molar refractivity (Wildman–Crippen MR) is 111 cm³/mol. The predicted octanol–water partition coefficient (Wildman–Crippen LogP) is 2.27. The minimum absolute atomic E-state index is 0.0759. The lowest BCUT2D eigenvalue weighted by molar-refractivity contribution is 0.0960. The highest BCUT2D eigenvalue weighted by atomic mass is 16.5. The largest absolute Gasteiger partial charge is 0.497 e. The lowest BCUT2D eigenvalue weighted by atomic mass is 10.1. The molecule has 1 N–H and O–H groups in total. The zero-order valence-corrected chi connectivity index (χ0v) is 16.5. The average molecular weight is 415 g/mol. The number of tetrazole rings is 1. The van der Waals surface area contributed by atoms with Crippen LogP contribution in [-0.2, 0) is 6.54 Å². The molecule has 0 bridgehead atoms. The van der Waals surface area contributed by atoms with Crippen LogP contribution in [0, 0.1) is 0 Å². The van der Waals surface area contributed by atoms with Crippen molar-refractivity contribution in [3.63, 3.8) is 0 Å². The Hall–Kier alpha value is -4.47. The summed E-state index contributed by atoms with van der Waals surface area (Å²) in [6, 6.07) is 13.8. The first-order valence-electron chi connectivity index (χ1n) is 9.26. The zero-order chi connectivity index (χ0) is 21.6. The van der Waals surface area contributed by atoms with Crippen LogP contribution in [0.2, 0.25) is 0 Å². The van der Waals surface area contributed by atoms with E-state index in [1.807, 2.05) is 0 Å². The van der Waals surface area contributed by atoms with Gasteiger partial charge in [0.15, 0.2) is 5.78 Å². The number of carbonyl (C=O) groups is 2. The molecule has 0 saturated heterocycles. The summed E-state index contributed by atoms with van der Waals surface area (Å²) in [5.74, 6) is 0.355. The summed E-state index contributed by atoms with van der Waals surface area (Å²) in [5, 5.41) is 15.1. The first-order valence-corrected chi connectivity index (χ1v) is 9.26. The topological polar surface area (TPSA) is 125 Å². The van der Waals surface area contributed by atoms with Crippen LogP contribution in [0.4, 0.5) is 5.69 Å². The Morgan fingerprint density at radius 3 is 2.61 bits per heavy atom. The molecule has 2 aromatic carbocycles. The number of hydrogen-bond acceptors (Lipinski definition) is 8.